The van der Waals surface area contributed by atoms with E-state index in [0.717, 1.165) is 23.4 Å². The molecule has 0 aliphatic carbocycles. The summed E-state index contributed by atoms with van der Waals surface area (Å²) >= 11 is 0. The zero-order valence-corrected chi connectivity index (χ0v) is 15.8. The van der Waals surface area contributed by atoms with E-state index < -0.39 is 0 Å². The van der Waals surface area contributed by atoms with Crippen LogP contribution >= 0.6 is 0 Å². The van der Waals surface area contributed by atoms with E-state index in [9.17, 15) is 0 Å². The number of rotatable bonds is 9. The van der Waals surface area contributed by atoms with Gasteiger partial charge in [0.15, 0.2) is 0 Å². The van der Waals surface area contributed by atoms with Crippen LogP contribution in [0.25, 0.3) is 0 Å². The number of benzene rings is 2. The van der Waals surface area contributed by atoms with Crippen LogP contribution in [0.1, 0.15) is 52.5 Å². The summed E-state index contributed by atoms with van der Waals surface area (Å²) in [5, 5.41) is 3.48. The number of nitrogens with one attached hydrogen (secondary N) is 1. The first kappa shape index (κ1) is 18.6. The van der Waals surface area contributed by atoms with Gasteiger partial charge in [-0.25, -0.2) is 0 Å². The first-order valence-electron chi connectivity index (χ1n) is 9.45. The molecule has 2 unspecified atom stereocenters. The standard InChI is InChI=1S/C23H33N/c1-18(2)16-20(4)19(3)10-8-11-21-12-9-15-23(17-21)24-22-13-6-5-7-14-22/h5-7,9,12-15,17-20,24H,8,10-11,16H2,1-4H3. The third-order valence-electron chi connectivity index (χ3n) is 4.93. The fourth-order valence-corrected chi connectivity index (χ4v) is 3.38. The van der Waals surface area contributed by atoms with Crippen molar-refractivity contribution in [3.63, 3.8) is 0 Å². The number of hydrogen-bond acceptors (Lipinski definition) is 1. The van der Waals surface area contributed by atoms with E-state index in [2.05, 4.69) is 81.5 Å². The summed E-state index contributed by atoms with van der Waals surface area (Å²) < 4.78 is 0. The predicted molar refractivity (Wildman–Crippen MR) is 107 cm³/mol. The van der Waals surface area contributed by atoms with Crippen LogP contribution in [0.4, 0.5) is 11.4 Å². The largest absolute Gasteiger partial charge is 0.356 e. The summed E-state index contributed by atoms with van der Waals surface area (Å²) in [5.41, 5.74) is 3.75. The minimum absolute atomic E-state index is 0.809. The van der Waals surface area contributed by atoms with Crippen LogP contribution in [0.3, 0.4) is 0 Å². The molecule has 2 aromatic carbocycles. The van der Waals surface area contributed by atoms with Gasteiger partial charge in [0.05, 0.1) is 0 Å². The van der Waals surface area contributed by atoms with Crippen LogP contribution in [0.2, 0.25) is 0 Å². The molecule has 24 heavy (non-hydrogen) atoms. The Morgan fingerprint density at radius 3 is 2.21 bits per heavy atom. The Balaban J connectivity index is 1.82. The Morgan fingerprint density at radius 2 is 1.50 bits per heavy atom. The van der Waals surface area contributed by atoms with Crippen molar-refractivity contribution in [1.29, 1.82) is 0 Å². The van der Waals surface area contributed by atoms with Crippen LogP contribution < -0.4 is 5.32 Å². The van der Waals surface area contributed by atoms with Gasteiger partial charge in [-0.2, -0.15) is 0 Å². The van der Waals surface area contributed by atoms with E-state index in [4.69, 9.17) is 0 Å². The predicted octanol–water partition coefficient (Wildman–Crippen LogP) is 7.07. The molecule has 2 aromatic rings. The van der Waals surface area contributed by atoms with Crippen LogP contribution in [-0.4, -0.2) is 0 Å². The Morgan fingerprint density at radius 1 is 0.792 bits per heavy atom. The monoisotopic (exact) mass is 323 g/mol. The Bertz CT molecular complexity index is 588. The van der Waals surface area contributed by atoms with Gasteiger partial charge in [-0.1, -0.05) is 64.4 Å². The molecule has 1 heteroatoms. The number of para-hydroxylation sites is 1. The summed E-state index contributed by atoms with van der Waals surface area (Å²) in [7, 11) is 0. The third-order valence-corrected chi connectivity index (χ3v) is 4.93. The molecule has 1 nitrogen and oxygen atoms in total. The van der Waals surface area contributed by atoms with Gasteiger partial charge >= 0.3 is 0 Å². The second-order valence-corrected chi connectivity index (χ2v) is 7.67. The fraction of sp³-hybridized carbons (Fsp3) is 0.478. The van der Waals surface area contributed by atoms with Crippen molar-refractivity contribution in [3.8, 4) is 0 Å². The molecule has 0 radical (unpaired) electrons. The lowest BCUT2D eigenvalue weighted by atomic mass is 9.85. The van der Waals surface area contributed by atoms with Crippen molar-refractivity contribution in [3.05, 3.63) is 60.2 Å². The minimum Gasteiger partial charge on any atom is -0.356 e. The lowest BCUT2D eigenvalue weighted by Gasteiger charge is -2.21. The highest BCUT2D eigenvalue weighted by Crippen LogP contribution is 2.25. The van der Waals surface area contributed by atoms with Gasteiger partial charge in [-0.3, -0.25) is 0 Å². The smallest absolute Gasteiger partial charge is 0.0386 e. The van der Waals surface area contributed by atoms with Gasteiger partial charge in [0, 0.05) is 11.4 Å². The summed E-state index contributed by atoms with van der Waals surface area (Å²) in [6.45, 7) is 9.48. The summed E-state index contributed by atoms with van der Waals surface area (Å²) in [6, 6.07) is 19.2. The Hall–Kier alpha value is -1.76. The minimum atomic E-state index is 0.809. The topological polar surface area (TPSA) is 12.0 Å². The summed E-state index contributed by atoms with van der Waals surface area (Å²) in [4.78, 5) is 0. The van der Waals surface area contributed by atoms with E-state index >= 15 is 0 Å². The Labute approximate surface area is 148 Å². The van der Waals surface area contributed by atoms with Gasteiger partial charge in [-0.05, 0) is 66.8 Å². The zero-order valence-electron chi connectivity index (χ0n) is 15.8. The molecule has 130 valence electrons. The molecule has 0 saturated heterocycles. The van der Waals surface area contributed by atoms with Gasteiger partial charge < -0.3 is 5.32 Å². The van der Waals surface area contributed by atoms with Gasteiger partial charge in [-0.15, -0.1) is 0 Å². The molecule has 0 aromatic heterocycles. The average Bonchev–Trinajstić information content (AvgIpc) is 2.55. The Kier molecular flexibility index (Phi) is 7.36. The van der Waals surface area contributed by atoms with Crippen molar-refractivity contribution >= 4 is 11.4 Å². The first-order valence-corrected chi connectivity index (χ1v) is 9.45. The van der Waals surface area contributed by atoms with E-state index in [1.54, 1.807) is 0 Å². The summed E-state index contributed by atoms with van der Waals surface area (Å²) in [6.07, 6.45) is 5.11. The van der Waals surface area contributed by atoms with Crippen LogP contribution in [0.5, 0.6) is 0 Å². The zero-order chi connectivity index (χ0) is 17.4. The van der Waals surface area contributed by atoms with E-state index in [0.29, 0.717) is 0 Å². The van der Waals surface area contributed by atoms with Crippen LogP contribution in [0, 0.1) is 17.8 Å². The highest BCUT2D eigenvalue weighted by Gasteiger charge is 2.13. The van der Waals surface area contributed by atoms with Crippen molar-refractivity contribution in [2.24, 2.45) is 17.8 Å². The molecule has 0 bridgehead atoms. The van der Waals surface area contributed by atoms with Gasteiger partial charge in [0.2, 0.25) is 0 Å². The van der Waals surface area contributed by atoms with Crippen LogP contribution in [0.15, 0.2) is 54.6 Å². The maximum absolute atomic E-state index is 3.48. The molecule has 0 spiro atoms. The molecule has 0 amide bonds. The summed E-state index contributed by atoms with van der Waals surface area (Å²) in [5.74, 6) is 2.46. The van der Waals surface area contributed by atoms with E-state index in [1.807, 2.05) is 6.07 Å². The van der Waals surface area contributed by atoms with Crippen molar-refractivity contribution < 1.29 is 0 Å². The maximum Gasteiger partial charge on any atom is 0.0386 e. The maximum atomic E-state index is 3.48. The second-order valence-electron chi connectivity index (χ2n) is 7.67. The lowest BCUT2D eigenvalue weighted by molar-refractivity contribution is 0.303. The number of aryl methyl sites for hydroxylation is 1. The van der Waals surface area contributed by atoms with Gasteiger partial charge in [0.1, 0.15) is 0 Å². The second kappa shape index (κ2) is 9.52. The SMILES string of the molecule is CC(C)CC(C)C(C)CCCc1cccc(Nc2ccccc2)c1. The van der Waals surface area contributed by atoms with Gasteiger partial charge in [0.25, 0.3) is 0 Å². The third kappa shape index (κ3) is 6.39. The van der Waals surface area contributed by atoms with Crippen molar-refractivity contribution in [1.82, 2.24) is 0 Å². The lowest BCUT2D eigenvalue weighted by Crippen LogP contribution is -2.11. The van der Waals surface area contributed by atoms with Crippen LogP contribution in [-0.2, 0) is 6.42 Å². The number of hydrogen-bond donors (Lipinski definition) is 1. The van der Waals surface area contributed by atoms with Crippen molar-refractivity contribution in [2.75, 3.05) is 5.32 Å². The highest BCUT2D eigenvalue weighted by atomic mass is 14.9. The van der Waals surface area contributed by atoms with E-state index in [-0.39, 0.29) is 0 Å². The van der Waals surface area contributed by atoms with E-state index in [1.165, 1.54) is 36.9 Å². The molecule has 0 aliphatic rings. The number of anilines is 2. The van der Waals surface area contributed by atoms with Crippen molar-refractivity contribution in [2.45, 2.75) is 53.4 Å². The molecule has 0 fully saturated rings. The molecular formula is C23H33N. The highest BCUT2D eigenvalue weighted by molar-refractivity contribution is 5.59. The molecule has 2 rings (SSSR count). The average molecular weight is 324 g/mol. The molecule has 0 aliphatic heterocycles. The first-order chi connectivity index (χ1) is 11.5. The molecule has 1 N–H and O–H groups in total. The molecule has 0 heterocycles. The fourth-order valence-electron chi connectivity index (χ4n) is 3.38. The normalized spacial score (nSPS) is 13.7. The quantitative estimate of drug-likeness (QED) is 0.520. The molecule has 0 saturated carbocycles. The molecular weight excluding hydrogens is 290 g/mol. The molecule has 2 atom stereocenters.